The fourth-order valence-corrected chi connectivity index (χ4v) is 2.79. The summed E-state index contributed by atoms with van der Waals surface area (Å²) in [5.74, 6) is 0.0770. The quantitative estimate of drug-likeness (QED) is 0.809. The molecule has 1 aromatic carbocycles. The monoisotopic (exact) mass is 319 g/mol. The van der Waals surface area contributed by atoms with Gasteiger partial charge in [0, 0.05) is 30.0 Å². The second-order valence-corrected chi connectivity index (χ2v) is 5.65. The molecule has 2 aromatic rings. The molecule has 0 atom stereocenters. The van der Waals surface area contributed by atoms with E-state index in [0.29, 0.717) is 6.54 Å². The lowest BCUT2D eigenvalue weighted by Gasteiger charge is -2.27. The zero-order chi connectivity index (χ0) is 13.4. The highest BCUT2D eigenvalue weighted by atomic mass is 79.9. The third kappa shape index (κ3) is 2.30. The molecule has 98 valence electrons. The average Bonchev–Trinajstić information content (AvgIpc) is 2.79. The van der Waals surface area contributed by atoms with Gasteiger partial charge in [0.05, 0.1) is 24.3 Å². The standard InChI is InChI=1S/C14H14BrN3O/c1-17-9-16-12-5-6-18(8-13(12)17)14(19)10-3-2-4-11(15)7-10/h2-4,7,9H,5-6,8H2,1H3. The number of carbonyl (C=O) groups excluding carboxylic acids is 1. The lowest BCUT2D eigenvalue weighted by Crippen LogP contribution is -2.36. The van der Waals surface area contributed by atoms with Crippen molar-refractivity contribution >= 4 is 21.8 Å². The van der Waals surface area contributed by atoms with Gasteiger partial charge in [0.2, 0.25) is 0 Å². The van der Waals surface area contributed by atoms with Gasteiger partial charge in [0.1, 0.15) is 0 Å². The molecule has 0 unspecified atom stereocenters. The van der Waals surface area contributed by atoms with Crippen molar-refractivity contribution in [2.24, 2.45) is 7.05 Å². The van der Waals surface area contributed by atoms with Crippen LogP contribution in [-0.4, -0.2) is 26.9 Å². The van der Waals surface area contributed by atoms with Gasteiger partial charge in [-0.15, -0.1) is 0 Å². The molecule has 1 aliphatic rings. The van der Waals surface area contributed by atoms with Crippen molar-refractivity contribution in [1.29, 1.82) is 0 Å². The van der Waals surface area contributed by atoms with Crippen LogP contribution in [-0.2, 0) is 20.0 Å². The van der Waals surface area contributed by atoms with E-state index in [-0.39, 0.29) is 5.91 Å². The van der Waals surface area contributed by atoms with Gasteiger partial charge in [-0.3, -0.25) is 4.79 Å². The molecular formula is C14H14BrN3O. The Labute approximate surface area is 120 Å². The summed E-state index contributed by atoms with van der Waals surface area (Å²) >= 11 is 3.40. The molecule has 1 aliphatic heterocycles. The zero-order valence-corrected chi connectivity index (χ0v) is 12.2. The molecule has 0 aliphatic carbocycles. The molecular weight excluding hydrogens is 306 g/mol. The third-order valence-electron chi connectivity index (χ3n) is 3.46. The van der Waals surface area contributed by atoms with Gasteiger partial charge in [0.15, 0.2) is 0 Å². The summed E-state index contributed by atoms with van der Waals surface area (Å²) in [6, 6.07) is 7.52. The van der Waals surface area contributed by atoms with Gasteiger partial charge in [-0.05, 0) is 18.2 Å². The second kappa shape index (κ2) is 4.81. The Balaban J connectivity index is 1.85. The van der Waals surface area contributed by atoms with Crippen LogP contribution < -0.4 is 0 Å². The number of halogens is 1. The van der Waals surface area contributed by atoms with E-state index < -0.39 is 0 Å². The highest BCUT2D eigenvalue weighted by molar-refractivity contribution is 9.10. The van der Waals surface area contributed by atoms with E-state index in [0.717, 1.165) is 34.4 Å². The summed E-state index contributed by atoms with van der Waals surface area (Å²) in [5.41, 5.74) is 2.97. The first-order valence-electron chi connectivity index (χ1n) is 6.19. The molecule has 1 amide bonds. The van der Waals surface area contributed by atoms with Gasteiger partial charge < -0.3 is 9.47 Å². The number of benzene rings is 1. The Bertz CT molecular complexity index is 635. The minimum atomic E-state index is 0.0770. The molecule has 1 aromatic heterocycles. The Kier molecular flexibility index (Phi) is 3.14. The topological polar surface area (TPSA) is 38.1 Å². The molecule has 0 fully saturated rings. The van der Waals surface area contributed by atoms with Crippen LogP contribution in [0.5, 0.6) is 0 Å². The number of aromatic nitrogens is 2. The summed E-state index contributed by atoms with van der Waals surface area (Å²) in [7, 11) is 1.97. The van der Waals surface area contributed by atoms with Crippen LogP contribution in [0.2, 0.25) is 0 Å². The summed E-state index contributed by atoms with van der Waals surface area (Å²) in [6.45, 7) is 1.37. The van der Waals surface area contributed by atoms with Crippen LogP contribution in [0.3, 0.4) is 0 Å². The summed E-state index contributed by atoms with van der Waals surface area (Å²) in [4.78, 5) is 18.7. The van der Waals surface area contributed by atoms with Gasteiger partial charge in [0.25, 0.3) is 5.91 Å². The van der Waals surface area contributed by atoms with E-state index >= 15 is 0 Å². The van der Waals surface area contributed by atoms with E-state index in [2.05, 4.69) is 20.9 Å². The largest absolute Gasteiger partial charge is 0.336 e. The molecule has 0 saturated carbocycles. The highest BCUT2D eigenvalue weighted by Gasteiger charge is 2.24. The highest BCUT2D eigenvalue weighted by Crippen LogP contribution is 2.20. The van der Waals surface area contributed by atoms with Crippen LogP contribution in [0.1, 0.15) is 21.7 Å². The van der Waals surface area contributed by atoms with Crippen molar-refractivity contribution in [1.82, 2.24) is 14.5 Å². The lowest BCUT2D eigenvalue weighted by atomic mass is 10.1. The smallest absolute Gasteiger partial charge is 0.254 e. The Morgan fingerprint density at radius 1 is 1.42 bits per heavy atom. The first kappa shape index (κ1) is 12.4. The van der Waals surface area contributed by atoms with Crippen molar-refractivity contribution in [2.75, 3.05) is 6.54 Å². The molecule has 0 N–H and O–H groups in total. The minimum absolute atomic E-state index is 0.0770. The first-order valence-corrected chi connectivity index (χ1v) is 6.98. The lowest BCUT2D eigenvalue weighted by molar-refractivity contribution is 0.0730. The molecule has 19 heavy (non-hydrogen) atoms. The molecule has 3 rings (SSSR count). The number of hydrogen-bond acceptors (Lipinski definition) is 2. The fourth-order valence-electron chi connectivity index (χ4n) is 2.39. The predicted octanol–water partition coefficient (Wildman–Crippen LogP) is 2.38. The Hall–Kier alpha value is -1.62. The fraction of sp³-hybridized carbons (Fsp3) is 0.286. The van der Waals surface area contributed by atoms with Crippen LogP contribution in [0.15, 0.2) is 35.1 Å². The number of aryl methyl sites for hydroxylation is 1. The average molecular weight is 320 g/mol. The summed E-state index contributed by atoms with van der Waals surface area (Å²) in [5, 5.41) is 0. The van der Waals surface area contributed by atoms with Crippen molar-refractivity contribution in [3.05, 3.63) is 52.0 Å². The Morgan fingerprint density at radius 2 is 2.26 bits per heavy atom. The molecule has 5 heteroatoms. The van der Waals surface area contributed by atoms with Crippen LogP contribution in [0.4, 0.5) is 0 Å². The number of imidazole rings is 1. The van der Waals surface area contributed by atoms with E-state index in [4.69, 9.17) is 0 Å². The van der Waals surface area contributed by atoms with Crippen LogP contribution in [0, 0.1) is 0 Å². The second-order valence-electron chi connectivity index (χ2n) is 4.74. The molecule has 0 spiro atoms. The normalized spacial score (nSPS) is 14.3. The van der Waals surface area contributed by atoms with Gasteiger partial charge in [-0.25, -0.2) is 4.98 Å². The van der Waals surface area contributed by atoms with Gasteiger partial charge in [-0.2, -0.15) is 0 Å². The maximum Gasteiger partial charge on any atom is 0.254 e. The minimum Gasteiger partial charge on any atom is -0.336 e. The number of rotatable bonds is 1. The number of carbonyl (C=O) groups is 1. The molecule has 0 bridgehead atoms. The third-order valence-corrected chi connectivity index (χ3v) is 3.96. The summed E-state index contributed by atoms with van der Waals surface area (Å²) < 4.78 is 2.92. The van der Waals surface area contributed by atoms with Gasteiger partial charge >= 0.3 is 0 Å². The van der Waals surface area contributed by atoms with E-state index in [1.807, 2.05) is 47.1 Å². The first-order chi connectivity index (χ1) is 9.15. The van der Waals surface area contributed by atoms with E-state index in [1.165, 1.54) is 0 Å². The predicted molar refractivity (Wildman–Crippen MR) is 75.8 cm³/mol. The number of hydrogen-bond donors (Lipinski definition) is 0. The summed E-state index contributed by atoms with van der Waals surface area (Å²) in [6.07, 6.45) is 2.65. The van der Waals surface area contributed by atoms with E-state index in [9.17, 15) is 4.79 Å². The van der Waals surface area contributed by atoms with Gasteiger partial charge in [-0.1, -0.05) is 22.0 Å². The van der Waals surface area contributed by atoms with Crippen molar-refractivity contribution in [3.8, 4) is 0 Å². The molecule has 2 heterocycles. The van der Waals surface area contributed by atoms with Crippen LogP contribution >= 0.6 is 15.9 Å². The van der Waals surface area contributed by atoms with E-state index in [1.54, 1.807) is 0 Å². The van der Waals surface area contributed by atoms with Crippen molar-refractivity contribution in [3.63, 3.8) is 0 Å². The molecule has 0 saturated heterocycles. The van der Waals surface area contributed by atoms with Crippen molar-refractivity contribution in [2.45, 2.75) is 13.0 Å². The van der Waals surface area contributed by atoms with Crippen LogP contribution in [0.25, 0.3) is 0 Å². The molecule has 0 radical (unpaired) electrons. The SMILES string of the molecule is Cn1cnc2c1CN(C(=O)c1cccc(Br)c1)CC2. The zero-order valence-electron chi connectivity index (χ0n) is 10.6. The van der Waals surface area contributed by atoms with Crippen molar-refractivity contribution < 1.29 is 4.79 Å². The number of nitrogens with zero attached hydrogens (tertiary/aromatic N) is 3. The maximum absolute atomic E-state index is 12.5. The maximum atomic E-state index is 12.5. The number of amides is 1. The Morgan fingerprint density at radius 3 is 3.05 bits per heavy atom. The molecule has 4 nitrogen and oxygen atoms in total. The number of fused-ring (bicyclic) bond motifs is 1.